The van der Waals surface area contributed by atoms with Crippen LogP contribution in [0, 0.1) is 0 Å². The van der Waals surface area contributed by atoms with E-state index in [-0.39, 0.29) is 0 Å². The smallest absolute Gasteiger partial charge is 0.377 e. The Morgan fingerprint density at radius 1 is 1.00 bits per heavy atom. The molecule has 0 amide bonds. The molecule has 104 valence electrons. The molecule has 0 saturated carbocycles. The van der Waals surface area contributed by atoms with Crippen molar-refractivity contribution in [1.29, 1.82) is 0 Å². The van der Waals surface area contributed by atoms with Gasteiger partial charge in [-0.15, -0.1) is 0 Å². The molecule has 0 heterocycles. The van der Waals surface area contributed by atoms with E-state index >= 15 is 0 Å². The SMILES string of the molecule is CO[Si](CCCCOP(C)(=O)OC)(OC)OC. The lowest BCUT2D eigenvalue weighted by molar-refractivity contribution is 0.122. The summed E-state index contributed by atoms with van der Waals surface area (Å²) in [6.45, 7) is 1.84. The van der Waals surface area contributed by atoms with Gasteiger partial charge in [-0.05, 0) is 12.8 Å². The van der Waals surface area contributed by atoms with Gasteiger partial charge in [-0.1, -0.05) is 0 Å². The topological polar surface area (TPSA) is 63.2 Å². The molecule has 0 bridgehead atoms. The zero-order chi connectivity index (χ0) is 13.4. The summed E-state index contributed by atoms with van der Waals surface area (Å²) < 4.78 is 37.1. The molecule has 0 saturated heterocycles. The molecule has 0 aromatic heterocycles. The molecular formula is C9H23O6PSi. The zero-order valence-corrected chi connectivity index (χ0v) is 13.1. The van der Waals surface area contributed by atoms with E-state index in [1.165, 1.54) is 13.8 Å². The summed E-state index contributed by atoms with van der Waals surface area (Å²) in [5.74, 6) is 0. The van der Waals surface area contributed by atoms with E-state index in [1.54, 1.807) is 21.3 Å². The fourth-order valence-corrected chi connectivity index (χ4v) is 3.64. The summed E-state index contributed by atoms with van der Waals surface area (Å²) in [6, 6.07) is 0.709. The Bertz CT molecular complexity index is 237. The van der Waals surface area contributed by atoms with Gasteiger partial charge in [-0.3, -0.25) is 4.57 Å². The quantitative estimate of drug-likeness (QED) is 0.348. The second-order valence-corrected chi connectivity index (χ2v) is 8.80. The summed E-state index contributed by atoms with van der Waals surface area (Å²) in [6.07, 6.45) is 1.58. The van der Waals surface area contributed by atoms with Crippen molar-refractivity contribution in [3.05, 3.63) is 0 Å². The maximum absolute atomic E-state index is 11.4. The molecule has 0 rings (SSSR count). The Balaban J connectivity index is 3.80. The Kier molecular flexibility index (Phi) is 8.49. The minimum absolute atomic E-state index is 0.392. The van der Waals surface area contributed by atoms with Gasteiger partial charge in [0.25, 0.3) is 0 Å². The van der Waals surface area contributed by atoms with Crippen LogP contribution in [0.15, 0.2) is 0 Å². The monoisotopic (exact) mass is 286 g/mol. The standard InChI is InChI=1S/C9H23O6PSi/c1-11-16(5,10)15-8-6-7-9-17(12-2,13-3)14-4/h6-9H2,1-5H3. The lowest BCUT2D eigenvalue weighted by atomic mass is 10.4. The van der Waals surface area contributed by atoms with Crippen LogP contribution >= 0.6 is 7.60 Å². The van der Waals surface area contributed by atoms with Gasteiger partial charge in [0.2, 0.25) is 0 Å². The van der Waals surface area contributed by atoms with Crippen LogP contribution < -0.4 is 0 Å². The predicted molar refractivity (Wildman–Crippen MR) is 67.3 cm³/mol. The van der Waals surface area contributed by atoms with Gasteiger partial charge in [-0.2, -0.15) is 0 Å². The lowest BCUT2D eigenvalue weighted by Crippen LogP contribution is -2.42. The van der Waals surface area contributed by atoms with Crippen LogP contribution in [-0.4, -0.2) is 50.5 Å². The fourth-order valence-electron chi connectivity index (χ4n) is 1.28. The largest absolute Gasteiger partial charge is 0.500 e. The van der Waals surface area contributed by atoms with Gasteiger partial charge in [0.05, 0.1) is 6.61 Å². The molecule has 1 atom stereocenters. The first-order chi connectivity index (χ1) is 7.95. The number of rotatable bonds is 10. The van der Waals surface area contributed by atoms with Crippen molar-refractivity contribution < 1.29 is 26.9 Å². The van der Waals surface area contributed by atoms with Gasteiger partial charge >= 0.3 is 16.4 Å². The van der Waals surface area contributed by atoms with Crippen molar-refractivity contribution in [2.24, 2.45) is 0 Å². The predicted octanol–water partition coefficient (Wildman–Crippen LogP) is 2.13. The second kappa shape index (κ2) is 8.37. The molecule has 1 unspecified atom stereocenters. The van der Waals surface area contributed by atoms with E-state index in [9.17, 15) is 4.57 Å². The molecule has 0 fully saturated rings. The summed E-state index contributed by atoms with van der Waals surface area (Å²) in [5.41, 5.74) is 0. The highest BCUT2D eigenvalue weighted by atomic mass is 31.2. The van der Waals surface area contributed by atoms with E-state index in [2.05, 4.69) is 0 Å². The first-order valence-electron chi connectivity index (χ1n) is 5.38. The highest BCUT2D eigenvalue weighted by Crippen LogP contribution is 2.42. The maximum atomic E-state index is 11.4. The van der Waals surface area contributed by atoms with Crippen LogP contribution in [0.4, 0.5) is 0 Å². The second-order valence-electron chi connectivity index (χ2n) is 3.54. The fraction of sp³-hybridized carbons (Fsp3) is 1.00. The molecular weight excluding hydrogens is 263 g/mol. The zero-order valence-electron chi connectivity index (χ0n) is 11.2. The van der Waals surface area contributed by atoms with E-state index in [4.69, 9.17) is 22.3 Å². The van der Waals surface area contributed by atoms with Gasteiger partial charge < -0.3 is 22.3 Å². The molecule has 0 aliphatic carbocycles. The van der Waals surface area contributed by atoms with E-state index in [0.717, 1.165) is 12.8 Å². The molecule has 0 aliphatic rings. The third kappa shape index (κ3) is 6.66. The van der Waals surface area contributed by atoms with Crippen molar-refractivity contribution in [1.82, 2.24) is 0 Å². The Hall–Kier alpha value is 0.247. The van der Waals surface area contributed by atoms with Crippen molar-refractivity contribution in [2.45, 2.75) is 18.9 Å². The van der Waals surface area contributed by atoms with Gasteiger partial charge in [-0.25, -0.2) is 0 Å². The van der Waals surface area contributed by atoms with Crippen molar-refractivity contribution in [3.63, 3.8) is 0 Å². The molecule has 0 aliphatic heterocycles. The highest BCUT2D eigenvalue weighted by molar-refractivity contribution is 7.52. The maximum Gasteiger partial charge on any atom is 0.500 e. The average Bonchev–Trinajstić information content (AvgIpc) is 2.34. The van der Waals surface area contributed by atoms with Crippen LogP contribution in [0.25, 0.3) is 0 Å². The first kappa shape index (κ1) is 17.2. The molecule has 6 nitrogen and oxygen atoms in total. The summed E-state index contributed by atoms with van der Waals surface area (Å²) in [7, 11) is 0.792. The summed E-state index contributed by atoms with van der Waals surface area (Å²) in [4.78, 5) is 0. The van der Waals surface area contributed by atoms with Crippen molar-refractivity contribution in [3.8, 4) is 0 Å². The van der Waals surface area contributed by atoms with E-state index < -0.39 is 16.4 Å². The Morgan fingerprint density at radius 2 is 1.53 bits per heavy atom. The summed E-state index contributed by atoms with van der Waals surface area (Å²) >= 11 is 0. The van der Waals surface area contributed by atoms with Gasteiger partial charge in [0, 0.05) is 41.1 Å². The van der Waals surface area contributed by atoms with Crippen LogP contribution in [0.2, 0.25) is 6.04 Å². The first-order valence-corrected chi connectivity index (χ1v) is 9.30. The van der Waals surface area contributed by atoms with E-state index in [0.29, 0.717) is 12.7 Å². The third-order valence-corrected chi connectivity index (χ3v) is 6.61. The molecule has 0 N–H and O–H groups in total. The van der Waals surface area contributed by atoms with Crippen molar-refractivity contribution >= 4 is 16.4 Å². The molecule has 17 heavy (non-hydrogen) atoms. The van der Waals surface area contributed by atoms with Gasteiger partial charge in [0.1, 0.15) is 0 Å². The number of hydrogen-bond acceptors (Lipinski definition) is 6. The van der Waals surface area contributed by atoms with Crippen LogP contribution in [0.1, 0.15) is 12.8 Å². The average molecular weight is 286 g/mol. The Morgan fingerprint density at radius 3 is 1.94 bits per heavy atom. The van der Waals surface area contributed by atoms with Crippen LogP contribution in [0.5, 0.6) is 0 Å². The van der Waals surface area contributed by atoms with Crippen LogP contribution in [-0.2, 0) is 26.9 Å². The van der Waals surface area contributed by atoms with E-state index in [1.807, 2.05) is 0 Å². The normalized spacial score (nSPS) is 15.8. The lowest BCUT2D eigenvalue weighted by Gasteiger charge is -2.24. The third-order valence-electron chi connectivity index (χ3n) is 2.47. The molecule has 0 aromatic carbocycles. The number of hydrogen-bond donors (Lipinski definition) is 0. The van der Waals surface area contributed by atoms with Crippen molar-refractivity contribution in [2.75, 3.05) is 41.7 Å². The highest BCUT2D eigenvalue weighted by Gasteiger charge is 2.36. The van der Waals surface area contributed by atoms with Gasteiger partial charge in [0.15, 0.2) is 0 Å². The Labute approximate surface area is 104 Å². The molecule has 8 heteroatoms. The molecule has 0 radical (unpaired) electrons. The number of unbranched alkanes of at least 4 members (excludes halogenated alkanes) is 1. The van der Waals surface area contributed by atoms with Crippen LogP contribution in [0.3, 0.4) is 0 Å². The minimum atomic E-state index is -2.86. The molecule has 0 spiro atoms. The summed E-state index contributed by atoms with van der Waals surface area (Å²) in [5, 5.41) is 0. The minimum Gasteiger partial charge on any atom is -0.377 e. The molecule has 0 aromatic rings.